The molecule has 0 aromatic rings. The Hall–Kier alpha value is -0.530. The summed E-state index contributed by atoms with van der Waals surface area (Å²) in [6.45, 7) is 11.0. The Kier molecular flexibility index (Phi) is 2.67. The molecule has 0 saturated heterocycles. The minimum Gasteiger partial charge on any atom is -0.459 e. The summed E-state index contributed by atoms with van der Waals surface area (Å²) in [5.74, 6) is 2.10. The Morgan fingerprint density at radius 2 is 1.79 bits per heavy atom. The Labute approximate surface area is 117 Å². The molecule has 0 radical (unpaired) electrons. The van der Waals surface area contributed by atoms with Crippen molar-refractivity contribution in [2.24, 2.45) is 28.6 Å². The van der Waals surface area contributed by atoms with Gasteiger partial charge in [-0.25, -0.2) is 0 Å². The van der Waals surface area contributed by atoms with E-state index in [1.54, 1.807) is 6.92 Å². The second kappa shape index (κ2) is 3.77. The number of carbonyl (C=O) groups excluding carboxylic acids is 1. The van der Waals surface area contributed by atoms with E-state index in [0.717, 1.165) is 18.3 Å². The van der Waals surface area contributed by atoms with Crippen LogP contribution in [0.3, 0.4) is 0 Å². The van der Waals surface area contributed by atoms with Crippen LogP contribution in [-0.2, 0) is 9.53 Å². The van der Waals surface area contributed by atoms with Crippen molar-refractivity contribution in [3.05, 3.63) is 0 Å². The molecule has 2 heteroatoms. The van der Waals surface area contributed by atoms with Gasteiger partial charge in [0.05, 0.1) is 0 Å². The van der Waals surface area contributed by atoms with Crippen molar-refractivity contribution < 1.29 is 9.53 Å². The molecule has 0 amide bonds. The summed E-state index contributed by atoms with van der Waals surface area (Å²) in [6.07, 6.45) is 6.35. The molecule has 0 heterocycles. The van der Waals surface area contributed by atoms with Gasteiger partial charge in [-0.05, 0) is 61.7 Å². The summed E-state index contributed by atoms with van der Waals surface area (Å²) >= 11 is 0. The number of hydrogen-bond acceptors (Lipinski definition) is 2. The van der Waals surface area contributed by atoms with Gasteiger partial charge in [-0.3, -0.25) is 4.79 Å². The van der Waals surface area contributed by atoms with E-state index in [2.05, 4.69) is 27.7 Å². The van der Waals surface area contributed by atoms with Crippen LogP contribution in [0.1, 0.15) is 66.7 Å². The number of hydrogen-bond donors (Lipinski definition) is 0. The molecule has 108 valence electrons. The normalized spacial score (nSPS) is 50.9. The van der Waals surface area contributed by atoms with Crippen molar-refractivity contribution in [3.8, 4) is 0 Å². The first-order valence-electron chi connectivity index (χ1n) is 7.92. The van der Waals surface area contributed by atoms with Crippen LogP contribution in [0.4, 0.5) is 0 Å². The lowest BCUT2D eigenvalue weighted by Gasteiger charge is -2.46. The molecule has 0 unspecified atom stereocenters. The van der Waals surface area contributed by atoms with Crippen LogP contribution in [0, 0.1) is 28.6 Å². The number of ether oxygens (including phenoxy) is 1. The quantitative estimate of drug-likeness (QED) is 0.664. The predicted molar refractivity (Wildman–Crippen MR) is 75.6 cm³/mol. The third kappa shape index (κ3) is 1.58. The molecule has 3 aliphatic rings. The van der Waals surface area contributed by atoms with E-state index >= 15 is 0 Å². The van der Waals surface area contributed by atoms with E-state index in [1.807, 2.05) is 0 Å². The Bertz CT molecular complexity index is 413. The van der Waals surface area contributed by atoms with Crippen LogP contribution in [-0.4, -0.2) is 11.6 Å². The van der Waals surface area contributed by atoms with Crippen LogP contribution in [0.15, 0.2) is 0 Å². The summed E-state index contributed by atoms with van der Waals surface area (Å²) in [7, 11) is 0. The van der Waals surface area contributed by atoms with Gasteiger partial charge in [0.25, 0.3) is 0 Å². The fourth-order valence-corrected chi connectivity index (χ4v) is 6.31. The highest BCUT2D eigenvalue weighted by Crippen LogP contribution is 2.73. The molecule has 0 aromatic carbocycles. The van der Waals surface area contributed by atoms with Crippen molar-refractivity contribution in [3.63, 3.8) is 0 Å². The van der Waals surface area contributed by atoms with Gasteiger partial charge >= 0.3 is 5.97 Å². The molecule has 19 heavy (non-hydrogen) atoms. The van der Waals surface area contributed by atoms with E-state index in [9.17, 15) is 4.79 Å². The fraction of sp³-hybridized carbons (Fsp3) is 0.941. The average Bonchev–Trinajstić information content (AvgIpc) is 2.69. The molecule has 2 bridgehead atoms. The number of carbonyl (C=O) groups is 1. The van der Waals surface area contributed by atoms with Crippen molar-refractivity contribution in [2.75, 3.05) is 0 Å². The van der Waals surface area contributed by atoms with Crippen molar-refractivity contribution in [1.82, 2.24) is 0 Å². The Balaban J connectivity index is 1.99. The average molecular weight is 264 g/mol. The predicted octanol–water partition coefficient (Wildman–Crippen LogP) is 4.18. The molecule has 0 N–H and O–H groups in total. The lowest BCUT2D eigenvalue weighted by Crippen LogP contribution is -2.47. The van der Waals surface area contributed by atoms with Gasteiger partial charge in [0.15, 0.2) is 0 Å². The van der Waals surface area contributed by atoms with E-state index < -0.39 is 0 Å². The van der Waals surface area contributed by atoms with Crippen LogP contribution < -0.4 is 0 Å². The van der Waals surface area contributed by atoms with Crippen molar-refractivity contribution >= 4 is 5.97 Å². The van der Waals surface area contributed by atoms with Crippen molar-refractivity contribution in [2.45, 2.75) is 72.3 Å². The van der Waals surface area contributed by atoms with Gasteiger partial charge in [0.2, 0.25) is 0 Å². The molecule has 3 fully saturated rings. The van der Waals surface area contributed by atoms with Crippen LogP contribution in [0.5, 0.6) is 0 Å². The minimum atomic E-state index is -0.232. The Morgan fingerprint density at radius 3 is 2.42 bits per heavy atom. The molecular weight excluding hydrogens is 236 g/mol. The fourth-order valence-electron chi connectivity index (χ4n) is 6.31. The first-order valence-corrected chi connectivity index (χ1v) is 7.92. The number of rotatable bonds is 1. The molecule has 2 nitrogen and oxygen atoms in total. The third-order valence-electron chi connectivity index (χ3n) is 7.15. The van der Waals surface area contributed by atoms with Crippen LogP contribution in [0.2, 0.25) is 0 Å². The molecule has 3 saturated carbocycles. The zero-order chi connectivity index (χ0) is 14.1. The van der Waals surface area contributed by atoms with Gasteiger partial charge in [0.1, 0.15) is 5.60 Å². The second-order valence-electron chi connectivity index (χ2n) is 8.25. The standard InChI is InChI=1S/C17H28O2/c1-11-6-7-13-15(3,4)14-10-17(11,13)9-8-16(14,5)19-12(2)18/h11,13-14H,6-10H2,1-5H3/t11-,13-,14-,16-,17-/m1/s1. The SMILES string of the molecule is CC(=O)O[C@]1(C)CC[C@]23C[C@@H]1C(C)(C)[C@H]2CC[C@H]3C. The maximum atomic E-state index is 11.5. The molecule has 1 spiro atoms. The van der Waals surface area contributed by atoms with Gasteiger partial charge in [0, 0.05) is 12.8 Å². The summed E-state index contributed by atoms with van der Waals surface area (Å²) < 4.78 is 5.80. The monoisotopic (exact) mass is 264 g/mol. The van der Waals surface area contributed by atoms with E-state index in [0.29, 0.717) is 16.7 Å². The maximum Gasteiger partial charge on any atom is 0.303 e. The highest BCUT2D eigenvalue weighted by atomic mass is 16.6. The molecule has 5 atom stereocenters. The topological polar surface area (TPSA) is 26.3 Å². The highest BCUT2D eigenvalue weighted by Gasteiger charge is 2.68. The third-order valence-corrected chi connectivity index (χ3v) is 7.15. The number of esters is 1. The van der Waals surface area contributed by atoms with Crippen LogP contribution in [0.25, 0.3) is 0 Å². The zero-order valence-electron chi connectivity index (χ0n) is 13.1. The maximum absolute atomic E-state index is 11.5. The summed E-state index contributed by atoms with van der Waals surface area (Å²) in [6, 6.07) is 0. The van der Waals surface area contributed by atoms with E-state index in [4.69, 9.17) is 4.74 Å². The second-order valence-corrected chi connectivity index (χ2v) is 8.25. The Morgan fingerprint density at radius 1 is 1.11 bits per heavy atom. The van der Waals surface area contributed by atoms with E-state index in [1.165, 1.54) is 25.7 Å². The van der Waals surface area contributed by atoms with E-state index in [-0.39, 0.29) is 11.6 Å². The highest BCUT2D eigenvalue weighted by molar-refractivity contribution is 5.66. The molecular formula is C17H28O2. The summed E-state index contributed by atoms with van der Waals surface area (Å²) in [5, 5.41) is 0. The zero-order valence-corrected chi connectivity index (χ0v) is 13.1. The smallest absolute Gasteiger partial charge is 0.303 e. The number of fused-ring (bicyclic) bond motifs is 1. The minimum absolute atomic E-state index is 0.112. The summed E-state index contributed by atoms with van der Waals surface area (Å²) in [4.78, 5) is 11.5. The van der Waals surface area contributed by atoms with Crippen LogP contribution >= 0.6 is 0 Å². The first-order chi connectivity index (χ1) is 8.72. The molecule has 3 rings (SSSR count). The first kappa shape index (κ1) is 13.5. The van der Waals surface area contributed by atoms with Gasteiger partial charge in [-0.1, -0.05) is 20.8 Å². The van der Waals surface area contributed by atoms with Gasteiger partial charge < -0.3 is 4.74 Å². The summed E-state index contributed by atoms with van der Waals surface area (Å²) in [5.41, 5.74) is 0.629. The molecule has 0 aromatic heterocycles. The molecule has 0 aliphatic heterocycles. The van der Waals surface area contributed by atoms with Gasteiger partial charge in [-0.15, -0.1) is 0 Å². The van der Waals surface area contributed by atoms with Gasteiger partial charge in [-0.2, -0.15) is 0 Å². The lowest BCUT2D eigenvalue weighted by atomic mass is 9.64. The largest absolute Gasteiger partial charge is 0.459 e. The van der Waals surface area contributed by atoms with Crippen molar-refractivity contribution in [1.29, 1.82) is 0 Å². The molecule has 3 aliphatic carbocycles. The lowest BCUT2D eigenvalue weighted by molar-refractivity contribution is -0.171.